The Kier molecular flexibility index (Phi) is 3.40. The molecule has 0 aromatic carbocycles. The average Bonchev–Trinajstić information content (AvgIpc) is 1.21. The summed E-state index contributed by atoms with van der Waals surface area (Å²) in [6, 6.07) is 0. The molecule has 0 amide bonds. The van der Waals surface area contributed by atoms with E-state index in [9.17, 15) is 0 Å². The normalized spacial score (nSPS) is 12.8. The summed E-state index contributed by atoms with van der Waals surface area (Å²) in [5, 5.41) is 0.286. The Morgan fingerprint density at radius 3 is 1.62 bits per heavy atom. The topological polar surface area (TPSA) is 0 Å². The highest BCUT2D eigenvalue weighted by Gasteiger charge is 2.15. The van der Waals surface area contributed by atoms with E-state index in [1.54, 1.807) is 0 Å². The van der Waals surface area contributed by atoms with Gasteiger partial charge in [-0.25, -0.2) is 0 Å². The first-order valence-corrected chi connectivity index (χ1v) is 4.43. The maximum Gasteiger partial charge on any atom is 0.0934 e. The molecule has 3 heteroatoms. The zero-order valence-electron chi connectivity index (χ0n) is 5.33. The molecule has 0 atom stereocenters. The first-order valence-electron chi connectivity index (χ1n) is 2.48. The predicted octanol–water partition coefficient (Wildman–Crippen LogP) is 2.67. The van der Waals surface area contributed by atoms with E-state index in [0.717, 1.165) is 0 Å². The molecule has 0 fully saturated rings. The Balaban J connectivity index is 3.39. The highest BCUT2D eigenvalue weighted by atomic mass is 35.5. The van der Waals surface area contributed by atoms with E-state index < -0.39 is 0 Å². The number of hydrogen-bond acceptors (Lipinski definition) is 0. The van der Waals surface area contributed by atoms with Crippen molar-refractivity contribution in [2.75, 3.05) is 0 Å². The number of rotatable bonds is 1. The minimum Gasteiger partial charge on any atom is -0.110 e. The zero-order valence-corrected chi connectivity index (χ0v) is 7.85. The third-order valence-corrected chi connectivity index (χ3v) is 2.28. The summed E-state index contributed by atoms with van der Waals surface area (Å²) in [6.45, 7) is 6.38. The van der Waals surface area contributed by atoms with E-state index in [0.29, 0.717) is 9.52 Å². The van der Waals surface area contributed by atoms with Gasteiger partial charge >= 0.3 is 0 Å². The number of alkyl halides is 2. The van der Waals surface area contributed by atoms with Crippen molar-refractivity contribution in [3.63, 3.8) is 0 Å². The van der Waals surface area contributed by atoms with Crippen molar-refractivity contribution in [1.82, 2.24) is 0 Å². The van der Waals surface area contributed by atoms with Crippen molar-refractivity contribution in [2.45, 2.75) is 30.3 Å². The molecule has 8 heavy (non-hydrogen) atoms. The quantitative estimate of drug-likeness (QED) is 0.418. The molecule has 0 N–H and O–H groups in total. The molecule has 0 aliphatic carbocycles. The fraction of sp³-hybridized carbons (Fsp3) is 1.00. The van der Waals surface area contributed by atoms with Gasteiger partial charge in [0.05, 0.1) is 14.0 Å². The highest BCUT2D eigenvalue weighted by Crippen LogP contribution is 2.23. The van der Waals surface area contributed by atoms with Gasteiger partial charge in [-0.15, -0.1) is 23.2 Å². The van der Waals surface area contributed by atoms with Crippen LogP contribution in [0, 0.1) is 0 Å². The van der Waals surface area contributed by atoms with Crippen LogP contribution in [0.25, 0.3) is 0 Å². The summed E-state index contributed by atoms with van der Waals surface area (Å²) in [6.07, 6.45) is 0. The van der Waals surface area contributed by atoms with E-state index in [-0.39, 0.29) is 9.50 Å². The van der Waals surface area contributed by atoms with Crippen LogP contribution < -0.4 is 0 Å². The lowest BCUT2D eigenvalue weighted by Gasteiger charge is -2.16. The molecule has 0 spiro atoms. The molecule has 0 unspecified atom stereocenters. The lowest BCUT2D eigenvalue weighted by atomic mass is 10.3. The summed E-state index contributed by atoms with van der Waals surface area (Å²) in [4.78, 5) is 0. The summed E-state index contributed by atoms with van der Waals surface area (Å²) >= 11 is 11.1. The minimum absolute atomic E-state index is 0.185. The van der Waals surface area contributed by atoms with Gasteiger partial charge in [0, 0.05) is 0 Å². The molecule has 0 heterocycles. The maximum atomic E-state index is 5.54. The predicted molar refractivity (Wildman–Crippen MR) is 41.0 cm³/mol. The summed E-state index contributed by atoms with van der Waals surface area (Å²) < 4.78 is -0.185. The van der Waals surface area contributed by atoms with Crippen molar-refractivity contribution in [3.8, 4) is 0 Å². The van der Waals surface area contributed by atoms with Crippen molar-refractivity contribution in [2.24, 2.45) is 0 Å². The fourth-order valence-electron chi connectivity index (χ4n) is 0.327. The summed E-state index contributed by atoms with van der Waals surface area (Å²) in [5.41, 5.74) is 0. The molecular formula is C5H10Cl2Si. The van der Waals surface area contributed by atoms with Crippen LogP contribution in [0.15, 0.2) is 0 Å². The number of hydrogen-bond donors (Lipinski definition) is 0. The van der Waals surface area contributed by atoms with Crippen molar-refractivity contribution in [1.29, 1.82) is 0 Å². The van der Waals surface area contributed by atoms with Gasteiger partial charge in [-0.2, -0.15) is 0 Å². The van der Waals surface area contributed by atoms with Gasteiger partial charge in [-0.1, -0.05) is 20.8 Å². The average molecular weight is 169 g/mol. The third kappa shape index (κ3) is 6.80. The van der Waals surface area contributed by atoms with Crippen LogP contribution in [0.2, 0.25) is 5.04 Å². The van der Waals surface area contributed by atoms with Gasteiger partial charge in [-0.3, -0.25) is 0 Å². The van der Waals surface area contributed by atoms with E-state index in [1.165, 1.54) is 0 Å². The molecule has 0 saturated heterocycles. The second-order valence-electron chi connectivity index (χ2n) is 2.70. The van der Waals surface area contributed by atoms with Crippen molar-refractivity contribution < 1.29 is 0 Å². The van der Waals surface area contributed by atoms with Gasteiger partial charge in [-0.05, 0) is 5.04 Å². The Labute approximate surface area is 63.4 Å². The molecule has 48 valence electrons. The smallest absolute Gasteiger partial charge is 0.0934 e. The second kappa shape index (κ2) is 3.09. The van der Waals surface area contributed by atoms with Crippen molar-refractivity contribution in [3.05, 3.63) is 0 Å². The molecule has 0 aliphatic heterocycles. The van der Waals surface area contributed by atoms with Crippen LogP contribution in [0.5, 0.6) is 0 Å². The Bertz CT molecular complexity index is 65.3. The minimum atomic E-state index is -0.185. The summed E-state index contributed by atoms with van der Waals surface area (Å²) in [7, 11) is 0.629. The zero-order chi connectivity index (χ0) is 6.78. The molecule has 0 nitrogen and oxygen atoms in total. The first kappa shape index (κ1) is 8.80. The van der Waals surface area contributed by atoms with Crippen LogP contribution in [-0.2, 0) is 0 Å². The summed E-state index contributed by atoms with van der Waals surface area (Å²) in [5.74, 6) is 0. The third-order valence-electron chi connectivity index (χ3n) is 0.542. The standard InChI is InChI=1S/C5H10Cl2Si/c1-5(2,3)8-4(6)7/h4H,1-3H3. The van der Waals surface area contributed by atoms with Gasteiger partial charge in [0.15, 0.2) is 0 Å². The highest BCUT2D eigenvalue weighted by molar-refractivity contribution is 6.69. The van der Waals surface area contributed by atoms with E-state index in [1.807, 2.05) is 0 Å². The molecule has 0 aliphatic rings. The van der Waals surface area contributed by atoms with Crippen LogP contribution in [0.4, 0.5) is 0 Å². The fourth-order valence-corrected chi connectivity index (χ4v) is 2.95. The molecule has 0 rings (SSSR count). The van der Waals surface area contributed by atoms with Gasteiger partial charge < -0.3 is 0 Å². The SMILES string of the molecule is CC(C)(C)[Si]C(Cl)Cl. The molecule has 0 saturated carbocycles. The van der Waals surface area contributed by atoms with Crippen LogP contribution in [0.3, 0.4) is 0 Å². The van der Waals surface area contributed by atoms with E-state index in [4.69, 9.17) is 23.2 Å². The second-order valence-corrected chi connectivity index (χ2v) is 6.89. The molecule has 2 radical (unpaired) electrons. The Hall–Kier alpha value is 0.797. The molecule has 0 bridgehead atoms. The van der Waals surface area contributed by atoms with Gasteiger partial charge in [0.1, 0.15) is 0 Å². The molecule has 0 aromatic rings. The largest absolute Gasteiger partial charge is 0.110 e. The van der Waals surface area contributed by atoms with Gasteiger partial charge in [0.2, 0.25) is 0 Å². The van der Waals surface area contributed by atoms with E-state index >= 15 is 0 Å². The van der Waals surface area contributed by atoms with Crippen LogP contribution in [-0.4, -0.2) is 14.0 Å². The lowest BCUT2D eigenvalue weighted by molar-refractivity contribution is 0.753. The number of halogens is 2. The van der Waals surface area contributed by atoms with Crippen LogP contribution >= 0.6 is 23.2 Å². The van der Waals surface area contributed by atoms with Crippen molar-refractivity contribution >= 4 is 32.7 Å². The van der Waals surface area contributed by atoms with Gasteiger partial charge in [0.25, 0.3) is 0 Å². The Morgan fingerprint density at radius 2 is 1.62 bits per heavy atom. The Morgan fingerprint density at radius 1 is 1.25 bits per heavy atom. The molecular weight excluding hydrogens is 159 g/mol. The monoisotopic (exact) mass is 168 g/mol. The molecule has 0 aromatic heterocycles. The maximum absolute atomic E-state index is 5.54. The lowest BCUT2D eigenvalue weighted by Crippen LogP contribution is -2.14. The van der Waals surface area contributed by atoms with E-state index in [2.05, 4.69) is 20.8 Å². The van der Waals surface area contributed by atoms with Crippen LogP contribution in [0.1, 0.15) is 20.8 Å². The first-order chi connectivity index (χ1) is 3.42.